The molecule has 2 atom stereocenters. The van der Waals surface area contributed by atoms with Gasteiger partial charge in [0.2, 0.25) is 5.91 Å². The zero-order chi connectivity index (χ0) is 29.1. The number of likely N-dealkylation sites (tertiary alicyclic amines) is 1. The van der Waals surface area contributed by atoms with Crippen molar-refractivity contribution in [2.75, 3.05) is 26.2 Å². The fourth-order valence-corrected chi connectivity index (χ4v) is 6.57. The average molecular weight is 568 g/mol. The molecule has 3 aromatic carbocycles. The van der Waals surface area contributed by atoms with Gasteiger partial charge in [-0.05, 0) is 53.0 Å². The van der Waals surface area contributed by atoms with Crippen LogP contribution in [0.15, 0.2) is 78.9 Å². The first kappa shape index (κ1) is 28.0. The van der Waals surface area contributed by atoms with Crippen molar-refractivity contribution < 1.29 is 24.2 Å². The number of fused-ring (bicyclic) bond motifs is 3. The van der Waals surface area contributed by atoms with E-state index in [0.29, 0.717) is 25.8 Å². The van der Waals surface area contributed by atoms with Gasteiger partial charge in [0, 0.05) is 38.5 Å². The van der Waals surface area contributed by atoms with Gasteiger partial charge in [0.1, 0.15) is 6.61 Å². The van der Waals surface area contributed by atoms with Crippen LogP contribution in [0.4, 0.5) is 4.79 Å². The minimum atomic E-state index is -0.812. The molecule has 1 heterocycles. The molecule has 8 heteroatoms. The van der Waals surface area contributed by atoms with Crippen molar-refractivity contribution in [1.29, 1.82) is 0 Å². The first-order valence-corrected chi connectivity index (χ1v) is 14.8. The molecule has 3 aliphatic rings. The molecule has 6 rings (SSSR count). The molecular weight excluding hydrogens is 530 g/mol. The Morgan fingerprint density at radius 3 is 2.12 bits per heavy atom. The summed E-state index contributed by atoms with van der Waals surface area (Å²) in [5.74, 6) is -1.43. The van der Waals surface area contributed by atoms with Crippen LogP contribution in [0.2, 0.25) is 0 Å². The lowest BCUT2D eigenvalue weighted by molar-refractivity contribution is -0.139. The van der Waals surface area contributed by atoms with Gasteiger partial charge >= 0.3 is 12.1 Å². The summed E-state index contributed by atoms with van der Waals surface area (Å²) in [6, 6.07) is 26.7. The van der Waals surface area contributed by atoms with Crippen LogP contribution in [-0.2, 0) is 20.9 Å². The second-order valence-electron chi connectivity index (χ2n) is 11.9. The molecule has 0 aromatic heterocycles. The van der Waals surface area contributed by atoms with E-state index in [-0.39, 0.29) is 36.7 Å². The standard InChI is InChI=1S/C34H37N3O5/c38-31(35-20-24-18-29(24)32(39)40)19-34(14-16-37(17-15-34)21-23-8-2-1-3-9-23)36-33(41)42-22-30-27-12-6-4-10-25(27)26-11-5-7-13-28(26)30/h1-13,24,29-30H,14-22H2,(H,35,38)(H,36,41)(H,39,40)/t24-,29-/m1/s1. The quantitative estimate of drug-likeness (QED) is 0.325. The first-order chi connectivity index (χ1) is 20.4. The van der Waals surface area contributed by atoms with E-state index in [1.54, 1.807) is 0 Å². The second-order valence-corrected chi connectivity index (χ2v) is 11.9. The number of aliphatic carboxylic acids is 1. The Bertz CT molecular complexity index is 1400. The Morgan fingerprint density at radius 1 is 0.881 bits per heavy atom. The highest BCUT2D eigenvalue weighted by Gasteiger charge is 2.44. The highest BCUT2D eigenvalue weighted by molar-refractivity contribution is 5.80. The molecule has 0 spiro atoms. The predicted octanol–water partition coefficient (Wildman–Crippen LogP) is 4.79. The fraction of sp³-hybridized carbons (Fsp3) is 0.382. The Labute approximate surface area is 246 Å². The summed E-state index contributed by atoms with van der Waals surface area (Å²) >= 11 is 0. The first-order valence-electron chi connectivity index (χ1n) is 14.8. The van der Waals surface area contributed by atoms with E-state index in [2.05, 4.69) is 51.9 Å². The SMILES string of the molecule is O=C(CC1(NC(=O)OCC2c3ccccc3-c3ccccc32)CCN(Cc2ccccc2)CC1)NC[C@H]1C[C@H]1C(=O)O. The summed E-state index contributed by atoms with van der Waals surface area (Å²) in [7, 11) is 0. The van der Waals surface area contributed by atoms with E-state index in [0.717, 1.165) is 30.8 Å². The number of carboxylic acid groups (broad SMARTS) is 1. The summed E-state index contributed by atoms with van der Waals surface area (Å²) in [5.41, 5.74) is 5.12. The molecule has 0 unspecified atom stereocenters. The van der Waals surface area contributed by atoms with Gasteiger partial charge in [-0.1, -0.05) is 78.9 Å². The zero-order valence-corrected chi connectivity index (χ0v) is 23.6. The van der Waals surface area contributed by atoms with Crippen LogP contribution >= 0.6 is 0 Å². The number of hydrogen-bond donors (Lipinski definition) is 3. The third-order valence-electron chi connectivity index (χ3n) is 9.07. The third kappa shape index (κ3) is 6.19. The number of piperidine rings is 1. The number of carboxylic acids is 1. The van der Waals surface area contributed by atoms with Gasteiger partial charge < -0.3 is 20.5 Å². The van der Waals surface area contributed by atoms with Crippen molar-refractivity contribution in [2.24, 2.45) is 11.8 Å². The molecule has 0 bridgehead atoms. The molecule has 42 heavy (non-hydrogen) atoms. The lowest BCUT2D eigenvalue weighted by Gasteiger charge is -2.41. The molecule has 3 N–H and O–H groups in total. The molecular formula is C34H37N3O5. The van der Waals surface area contributed by atoms with Crippen LogP contribution in [0.5, 0.6) is 0 Å². The molecule has 2 fully saturated rings. The van der Waals surface area contributed by atoms with E-state index < -0.39 is 17.6 Å². The van der Waals surface area contributed by atoms with Gasteiger partial charge in [0.05, 0.1) is 11.5 Å². The van der Waals surface area contributed by atoms with E-state index in [1.165, 1.54) is 16.7 Å². The smallest absolute Gasteiger partial charge is 0.407 e. The lowest BCUT2D eigenvalue weighted by Crippen LogP contribution is -2.57. The molecule has 218 valence electrons. The Morgan fingerprint density at radius 2 is 1.50 bits per heavy atom. The largest absolute Gasteiger partial charge is 0.481 e. The van der Waals surface area contributed by atoms with Crippen LogP contribution in [0, 0.1) is 11.8 Å². The number of hydrogen-bond acceptors (Lipinski definition) is 5. The molecule has 8 nitrogen and oxygen atoms in total. The van der Waals surface area contributed by atoms with Crippen molar-refractivity contribution in [3.63, 3.8) is 0 Å². The van der Waals surface area contributed by atoms with Gasteiger partial charge in [-0.3, -0.25) is 14.5 Å². The monoisotopic (exact) mass is 567 g/mol. The summed E-state index contributed by atoms with van der Waals surface area (Å²) in [5, 5.41) is 15.2. The van der Waals surface area contributed by atoms with Gasteiger partial charge in [-0.25, -0.2) is 4.79 Å². The number of alkyl carbamates (subject to hydrolysis) is 1. The molecule has 2 aliphatic carbocycles. The molecule has 1 saturated carbocycles. The van der Waals surface area contributed by atoms with E-state index in [9.17, 15) is 19.5 Å². The van der Waals surface area contributed by atoms with Gasteiger partial charge in [0.15, 0.2) is 0 Å². The maximum atomic E-state index is 13.3. The number of carbonyl (C=O) groups is 3. The normalized spacial score (nSPS) is 20.7. The minimum absolute atomic E-state index is 0.0230. The summed E-state index contributed by atoms with van der Waals surface area (Å²) in [6.07, 6.45) is 1.42. The molecule has 1 saturated heterocycles. The highest BCUT2D eigenvalue weighted by atomic mass is 16.5. The fourth-order valence-electron chi connectivity index (χ4n) is 6.57. The van der Waals surface area contributed by atoms with Crippen LogP contribution in [0.25, 0.3) is 11.1 Å². The van der Waals surface area contributed by atoms with Crippen LogP contribution < -0.4 is 10.6 Å². The number of amides is 2. The molecule has 2 amide bonds. The van der Waals surface area contributed by atoms with Crippen molar-refractivity contribution in [3.8, 4) is 11.1 Å². The van der Waals surface area contributed by atoms with E-state index in [4.69, 9.17) is 4.74 Å². The summed E-state index contributed by atoms with van der Waals surface area (Å²) < 4.78 is 5.86. The Balaban J connectivity index is 1.10. The topological polar surface area (TPSA) is 108 Å². The molecule has 3 aromatic rings. The van der Waals surface area contributed by atoms with Crippen molar-refractivity contribution in [1.82, 2.24) is 15.5 Å². The number of carbonyl (C=O) groups excluding carboxylic acids is 2. The van der Waals surface area contributed by atoms with Gasteiger partial charge in [-0.15, -0.1) is 0 Å². The van der Waals surface area contributed by atoms with Gasteiger partial charge in [-0.2, -0.15) is 0 Å². The molecule has 0 radical (unpaired) electrons. The number of nitrogens with zero attached hydrogens (tertiary/aromatic N) is 1. The summed E-state index contributed by atoms with van der Waals surface area (Å²) in [4.78, 5) is 39.9. The number of ether oxygens (including phenoxy) is 1. The lowest BCUT2D eigenvalue weighted by atomic mass is 9.84. The van der Waals surface area contributed by atoms with Crippen LogP contribution in [-0.4, -0.2) is 59.8 Å². The Hall–Kier alpha value is -4.17. The number of benzene rings is 3. The number of nitrogens with one attached hydrogen (secondary N) is 2. The summed E-state index contributed by atoms with van der Waals surface area (Å²) in [6.45, 7) is 2.83. The average Bonchev–Trinajstić information content (AvgIpc) is 3.72. The third-order valence-corrected chi connectivity index (χ3v) is 9.07. The van der Waals surface area contributed by atoms with Crippen molar-refractivity contribution >= 4 is 18.0 Å². The van der Waals surface area contributed by atoms with Crippen molar-refractivity contribution in [2.45, 2.75) is 43.7 Å². The van der Waals surface area contributed by atoms with Gasteiger partial charge in [0.25, 0.3) is 0 Å². The van der Waals surface area contributed by atoms with Crippen LogP contribution in [0.1, 0.15) is 48.3 Å². The highest BCUT2D eigenvalue weighted by Crippen LogP contribution is 2.44. The maximum Gasteiger partial charge on any atom is 0.407 e. The number of rotatable bonds is 10. The van der Waals surface area contributed by atoms with Crippen molar-refractivity contribution in [3.05, 3.63) is 95.6 Å². The maximum absolute atomic E-state index is 13.3. The zero-order valence-electron chi connectivity index (χ0n) is 23.6. The Kier molecular flexibility index (Phi) is 7.98. The minimum Gasteiger partial charge on any atom is -0.481 e. The predicted molar refractivity (Wildman–Crippen MR) is 159 cm³/mol. The van der Waals surface area contributed by atoms with E-state index in [1.807, 2.05) is 42.5 Å². The molecule has 1 aliphatic heterocycles. The van der Waals surface area contributed by atoms with E-state index >= 15 is 0 Å². The van der Waals surface area contributed by atoms with Crippen LogP contribution in [0.3, 0.4) is 0 Å². The second kappa shape index (κ2) is 12.0.